The number of nitrogens with one attached hydrogen (secondary N) is 2. The minimum Gasteiger partial charge on any atom is -0.463 e. The van der Waals surface area contributed by atoms with Crippen LogP contribution in [-0.2, 0) is 14.3 Å². The second-order valence-electron chi connectivity index (χ2n) is 5.95. The van der Waals surface area contributed by atoms with Crippen LogP contribution in [0.2, 0.25) is 0 Å². The summed E-state index contributed by atoms with van der Waals surface area (Å²) in [6.07, 6.45) is 1.13. The first-order valence-electron chi connectivity index (χ1n) is 8.37. The largest absolute Gasteiger partial charge is 0.463 e. The van der Waals surface area contributed by atoms with Crippen molar-refractivity contribution in [2.24, 2.45) is 0 Å². The van der Waals surface area contributed by atoms with Crippen molar-refractivity contribution in [3.63, 3.8) is 0 Å². The van der Waals surface area contributed by atoms with Crippen molar-refractivity contribution < 1.29 is 19.1 Å². The van der Waals surface area contributed by atoms with Gasteiger partial charge in [0.15, 0.2) is 5.78 Å². The molecule has 0 radical (unpaired) electrons. The van der Waals surface area contributed by atoms with Crippen molar-refractivity contribution >= 4 is 39.4 Å². The normalized spacial score (nSPS) is 11.7. The van der Waals surface area contributed by atoms with Crippen molar-refractivity contribution in [2.45, 2.75) is 58.6 Å². The second-order valence-corrected chi connectivity index (χ2v) is 6.87. The molecule has 0 spiro atoms. The lowest BCUT2D eigenvalue weighted by atomic mass is 10.0. The zero-order chi connectivity index (χ0) is 18.8. The number of carbonyl (C=O) groups excluding carboxylic acids is 3. The molecule has 138 valence electrons. The predicted molar refractivity (Wildman–Crippen MR) is 100 cm³/mol. The number of ketones is 1. The number of hydrogen-bond acceptors (Lipinski definition) is 4. The van der Waals surface area contributed by atoms with Crippen LogP contribution in [0.1, 0.15) is 46.5 Å². The molecule has 1 rings (SSSR count). The molecule has 0 saturated heterocycles. The molecule has 2 amide bonds. The number of hydrogen-bond donors (Lipinski definition) is 2. The first-order chi connectivity index (χ1) is 11.8. The van der Waals surface area contributed by atoms with Gasteiger partial charge in [-0.15, -0.1) is 0 Å². The maximum atomic E-state index is 12.3. The molecule has 1 aromatic carbocycles. The summed E-state index contributed by atoms with van der Waals surface area (Å²) >= 11 is 3.32. The van der Waals surface area contributed by atoms with Gasteiger partial charge in [0.05, 0.1) is 18.6 Å². The zero-order valence-corrected chi connectivity index (χ0v) is 16.4. The van der Waals surface area contributed by atoms with Crippen molar-refractivity contribution in [1.29, 1.82) is 0 Å². The van der Waals surface area contributed by atoms with Crippen LogP contribution in [-0.4, -0.2) is 29.9 Å². The van der Waals surface area contributed by atoms with Crippen LogP contribution in [0.15, 0.2) is 28.7 Å². The zero-order valence-electron chi connectivity index (χ0n) is 14.8. The van der Waals surface area contributed by atoms with Gasteiger partial charge in [0.2, 0.25) is 0 Å². The van der Waals surface area contributed by atoms with Gasteiger partial charge in [-0.1, -0.05) is 29.3 Å². The summed E-state index contributed by atoms with van der Waals surface area (Å²) in [5.74, 6) is -0.577. The van der Waals surface area contributed by atoms with Crippen LogP contribution < -0.4 is 10.6 Å². The summed E-state index contributed by atoms with van der Waals surface area (Å²) in [5, 5.41) is 5.37. The molecule has 0 bridgehead atoms. The SMILES string of the molecule is CCC[C@H](NC(=O)Nc1ccc(Br)cc1)C(=O)CCC(=O)OC(C)C. The fourth-order valence-electron chi connectivity index (χ4n) is 2.18. The Balaban J connectivity index is 2.53. The van der Waals surface area contributed by atoms with Crippen molar-refractivity contribution in [3.8, 4) is 0 Å². The molecule has 6 nitrogen and oxygen atoms in total. The first kappa shape index (κ1) is 21.2. The van der Waals surface area contributed by atoms with E-state index in [1.807, 2.05) is 19.1 Å². The highest BCUT2D eigenvalue weighted by Crippen LogP contribution is 2.14. The maximum Gasteiger partial charge on any atom is 0.319 e. The summed E-state index contributed by atoms with van der Waals surface area (Å²) in [4.78, 5) is 35.9. The molecular weight excluding hydrogens is 388 g/mol. The molecular formula is C18H25BrN2O4. The Bertz CT molecular complexity index is 587. The van der Waals surface area contributed by atoms with Crippen LogP contribution in [0.25, 0.3) is 0 Å². The summed E-state index contributed by atoms with van der Waals surface area (Å²) in [6.45, 7) is 5.45. The van der Waals surface area contributed by atoms with Crippen LogP contribution >= 0.6 is 15.9 Å². The van der Waals surface area contributed by atoms with Gasteiger partial charge in [-0.3, -0.25) is 9.59 Å². The molecule has 0 saturated carbocycles. The van der Waals surface area contributed by atoms with Gasteiger partial charge in [-0.05, 0) is 44.5 Å². The van der Waals surface area contributed by atoms with E-state index in [1.165, 1.54) is 0 Å². The van der Waals surface area contributed by atoms with Crippen LogP contribution in [0, 0.1) is 0 Å². The third-order valence-electron chi connectivity index (χ3n) is 3.32. The molecule has 0 aliphatic carbocycles. The molecule has 25 heavy (non-hydrogen) atoms. The fraction of sp³-hybridized carbons (Fsp3) is 0.500. The van der Waals surface area contributed by atoms with Crippen LogP contribution in [0.3, 0.4) is 0 Å². The molecule has 0 fully saturated rings. The van der Waals surface area contributed by atoms with Crippen LogP contribution in [0.5, 0.6) is 0 Å². The van der Waals surface area contributed by atoms with Gasteiger partial charge >= 0.3 is 12.0 Å². The van der Waals surface area contributed by atoms with E-state index in [2.05, 4.69) is 26.6 Å². The number of benzene rings is 1. The topological polar surface area (TPSA) is 84.5 Å². The maximum absolute atomic E-state index is 12.3. The summed E-state index contributed by atoms with van der Waals surface area (Å²) < 4.78 is 5.92. The lowest BCUT2D eigenvalue weighted by Gasteiger charge is -2.17. The standard InChI is InChI=1S/C18H25BrN2O4/c1-4-5-15(16(22)10-11-17(23)25-12(2)3)21-18(24)20-14-8-6-13(19)7-9-14/h6-9,12,15H,4-5,10-11H2,1-3H3,(H2,20,21,24)/t15-/m0/s1. The summed E-state index contributed by atoms with van der Waals surface area (Å²) in [5.41, 5.74) is 0.629. The monoisotopic (exact) mass is 412 g/mol. The predicted octanol–water partition coefficient (Wildman–Crippen LogP) is 4.04. The number of amides is 2. The number of halogens is 1. The Morgan fingerprint density at radius 3 is 2.32 bits per heavy atom. The fourth-order valence-corrected chi connectivity index (χ4v) is 2.45. The van der Waals surface area contributed by atoms with E-state index >= 15 is 0 Å². The number of carbonyl (C=O) groups is 3. The third-order valence-corrected chi connectivity index (χ3v) is 3.84. The van der Waals surface area contributed by atoms with Gasteiger partial charge in [0.25, 0.3) is 0 Å². The number of anilines is 1. The Kier molecular flexibility index (Phi) is 9.20. The smallest absolute Gasteiger partial charge is 0.319 e. The molecule has 0 aliphatic heterocycles. The molecule has 2 N–H and O–H groups in total. The van der Waals surface area contributed by atoms with Gasteiger partial charge in [0, 0.05) is 16.6 Å². The minimum absolute atomic E-state index is 0.0211. The second kappa shape index (κ2) is 10.9. The van der Waals surface area contributed by atoms with E-state index in [1.54, 1.807) is 26.0 Å². The van der Waals surface area contributed by atoms with Crippen molar-refractivity contribution in [3.05, 3.63) is 28.7 Å². The highest BCUT2D eigenvalue weighted by Gasteiger charge is 2.21. The van der Waals surface area contributed by atoms with Gasteiger partial charge in [0.1, 0.15) is 0 Å². The van der Waals surface area contributed by atoms with Gasteiger partial charge in [-0.2, -0.15) is 0 Å². The Labute approximate surface area is 156 Å². The highest BCUT2D eigenvalue weighted by molar-refractivity contribution is 9.10. The molecule has 1 atom stereocenters. The van der Waals surface area contributed by atoms with E-state index in [4.69, 9.17) is 4.74 Å². The average molecular weight is 413 g/mol. The molecule has 0 heterocycles. The third kappa shape index (κ3) is 8.67. The van der Waals surface area contributed by atoms with E-state index in [0.717, 1.165) is 10.9 Å². The van der Waals surface area contributed by atoms with E-state index in [-0.39, 0.29) is 24.7 Å². The number of esters is 1. The average Bonchev–Trinajstić information content (AvgIpc) is 2.53. The van der Waals surface area contributed by atoms with E-state index in [0.29, 0.717) is 12.1 Å². The van der Waals surface area contributed by atoms with Crippen molar-refractivity contribution in [1.82, 2.24) is 5.32 Å². The first-order valence-corrected chi connectivity index (χ1v) is 9.16. The molecule has 0 aliphatic rings. The summed E-state index contributed by atoms with van der Waals surface area (Å²) in [6, 6.07) is 6.06. The number of Topliss-reactive ketones (excluding diaryl/α,β-unsaturated/α-hetero) is 1. The molecule has 7 heteroatoms. The Morgan fingerprint density at radius 2 is 1.76 bits per heavy atom. The Morgan fingerprint density at radius 1 is 1.12 bits per heavy atom. The number of ether oxygens (including phenoxy) is 1. The van der Waals surface area contributed by atoms with E-state index in [9.17, 15) is 14.4 Å². The van der Waals surface area contributed by atoms with Crippen LogP contribution in [0.4, 0.5) is 10.5 Å². The number of rotatable bonds is 9. The minimum atomic E-state index is -0.618. The molecule has 0 aromatic heterocycles. The Hall–Kier alpha value is -1.89. The van der Waals surface area contributed by atoms with E-state index < -0.39 is 18.0 Å². The quantitative estimate of drug-likeness (QED) is 0.599. The number of urea groups is 1. The molecule has 0 unspecified atom stereocenters. The lowest BCUT2D eigenvalue weighted by Crippen LogP contribution is -2.43. The lowest BCUT2D eigenvalue weighted by molar-refractivity contribution is -0.148. The van der Waals surface area contributed by atoms with Crippen molar-refractivity contribution in [2.75, 3.05) is 5.32 Å². The van der Waals surface area contributed by atoms with Gasteiger partial charge in [-0.25, -0.2) is 4.79 Å². The molecule has 1 aromatic rings. The van der Waals surface area contributed by atoms with Gasteiger partial charge < -0.3 is 15.4 Å². The summed E-state index contributed by atoms with van der Waals surface area (Å²) in [7, 11) is 0. The highest BCUT2D eigenvalue weighted by atomic mass is 79.9.